The predicted octanol–water partition coefficient (Wildman–Crippen LogP) is 1.72. The summed E-state index contributed by atoms with van der Waals surface area (Å²) in [7, 11) is 1.61. The Kier molecular flexibility index (Phi) is 6.38. The SMILES string of the molecule is CNC(=O)Cc1ccccc1NC(=O)N1CCN(Cc2ccncc2)CC1. The standard InChI is InChI=1S/C20H25N5O2/c1-21-19(26)14-17-4-2-3-5-18(17)23-20(27)25-12-10-24(11-13-25)15-16-6-8-22-9-7-16/h2-9H,10-15H2,1H3,(H,21,26)(H,23,27). The number of hydrogen-bond acceptors (Lipinski definition) is 4. The predicted molar refractivity (Wildman–Crippen MR) is 104 cm³/mol. The number of piperazine rings is 1. The molecule has 2 N–H and O–H groups in total. The lowest BCUT2D eigenvalue weighted by Gasteiger charge is -2.34. The minimum atomic E-state index is -0.122. The molecule has 0 saturated carbocycles. The number of aromatic nitrogens is 1. The summed E-state index contributed by atoms with van der Waals surface area (Å²) in [6.45, 7) is 3.88. The van der Waals surface area contributed by atoms with Gasteiger partial charge in [0, 0.05) is 57.9 Å². The summed E-state index contributed by atoms with van der Waals surface area (Å²) in [4.78, 5) is 32.5. The van der Waals surface area contributed by atoms with Crippen molar-refractivity contribution in [1.82, 2.24) is 20.1 Å². The fourth-order valence-corrected chi connectivity index (χ4v) is 3.11. The van der Waals surface area contributed by atoms with Gasteiger partial charge in [-0.3, -0.25) is 14.7 Å². The molecule has 2 aromatic rings. The number of nitrogens with zero attached hydrogens (tertiary/aromatic N) is 3. The first-order chi connectivity index (χ1) is 13.2. The van der Waals surface area contributed by atoms with Crippen molar-refractivity contribution in [3.05, 3.63) is 59.9 Å². The molecule has 3 amide bonds. The average Bonchev–Trinajstić information content (AvgIpc) is 2.70. The lowest BCUT2D eigenvalue weighted by molar-refractivity contribution is -0.119. The second-order valence-electron chi connectivity index (χ2n) is 6.56. The molecule has 1 aromatic heterocycles. The molecule has 7 nitrogen and oxygen atoms in total. The molecule has 1 aromatic carbocycles. The molecule has 1 aliphatic heterocycles. The maximum Gasteiger partial charge on any atom is 0.321 e. The zero-order chi connectivity index (χ0) is 19.1. The second-order valence-corrected chi connectivity index (χ2v) is 6.56. The molecule has 0 spiro atoms. The molecule has 0 unspecified atom stereocenters. The maximum absolute atomic E-state index is 12.6. The Labute approximate surface area is 159 Å². The minimum Gasteiger partial charge on any atom is -0.359 e. The van der Waals surface area contributed by atoms with E-state index in [-0.39, 0.29) is 18.4 Å². The number of benzene rings is 1. The van der Waals surface area contributed by atoms with Gasteiger partial charge in [-0.25, -0.2) is 4.79 Å². The van der Waals surface area contributed by atoms with E-state index in [2.05, 4.69) is 20.5 Å². The Morgan fingerprint density at radius 3 is 2.44 bits per heavy atom. The fourth-order valence-electron chi connectivity index (χ4n) is 3.11. The first kappa shape index (κ1) is 18.8. The van der Waals surface area contributed by atoms with Gasteiger partial charge in [0.05, 0.1) is 6.42 Å². The summed E-state index contributed by atoms with van der Waals surface area (Å²) in [5.74, 6) is -0.0820. The molecule has 142 valence electrons. The van der Waals surface area contributed by atoms with Gasteiger partial charge in [-0.15, -0.1) is 0 Å². The van der Waals surface area contributed by atoms with Crippen molar-refractivity contribution in [2.24, 2.45) is 0 Å². The van der Waals surface area contributed by atoms with Crippen LogP contribution in [0.3, 0.4) is 0 Å². The highest BCUT2D eigenvalue weighted by Crippen LogP contribution is 2.17. The molecule has 3 rings (SSSR count). The van der Waals surface area contributed by atoms with Crippen LogP contribution >= 0.6 is 0 Å². The van der Waals surface area contributed by atoms with E-state index in [4.69, 9.17) is 0 Å². The number of amides is 3. The molecule has 1 saturated heterocycles. The summed E-state index contributed by atoms with van der Waals surface area (Å²) in [5.41, 5.74) is 2.72. The smallest absolute Gasteiger partial charge is 0.321 e. The van der Waals surface area contributed by atoms with Crippen LogP contribution < -0.4 is 10.6 Å². The van der Waals surface area contributed by atoms with Gasteiger partial charge in [0.1, 0.15) is 0 Å². The number of carbonyl (C=O) groups is 2. The van der Waals surface area contributed by atoms with Crippen LogP contribution in [-0.2, 0) is 17.8 Å². The first-order valence-corrected chi connectivity index (χ1v) is 9.11. The average molecular weight is 367 g/mol. The van der Waals surface area contributed by atoms with E-state index in [1.165, 1.54) is 5.56 Å². The number of nitrogens with one attached hydrogen (secondary N) is 2. The number of carbonyl (C=O) groups excluding carboxylic acids is 2. The maximum atomic E-state index is 12.6. The van der Waals surface area contributed by atoms with Crippen molar-refractivity contribution < 1.29 is 9.59 Å². The van der Waals surface area contributed by atoms with E-state index in [0.29, 0.717) is 18.8 Å². The van der Waals surface area contributed by atoms with E-state index >= 15 is 0 Å². The van der Waals surface area contributed by atoms with Gasteiger partial charge in [-0.1, -0.05) is 18.2 Å². The molecular weight excluding hydrogens is 342 g/mol. The lowest BCUT2D eigenvalue weighted by atomic mass is 10.1. The summed E-state index contributed by atoms with van der Waals surface area (Å²) in [6.07, 6.45) is 3.84. The second kappa shape index (κ2) is 9.14. The minimum absolute atomic E-state index is 0.0820. The molecule has 0 aliphatic carbocycles. The summed E-state index contributed by atoms with van der Waals surface area (Å²) < 4.78 is 0. The highest BCUT2D eigenvalue weighted by atomic mass is 16.2. The number of anilines is 1. The Morgan fingerprint density at radius 2 is 1.74 bits per heavy atom. The zero-order valence-corrected chi connectivity index (χ0v) is 15.5. The monoisotopic (exact) mass is 367 g/mol. The van der Waals surface area contributed by atoms with Gasteiger partial charge >= 0.3 is 6.03 Å². The van der Waals surface area contributed by atoms with E-state index in [1.54, 1.807) is 19.4 Å². The highest BCUT2D eigenvalue weighted by molar-refractivity contribution is 5.91. The Bertz CT molecular complexity index is 773. The molecule has 1 fully saturated rings. The molecule has 7 heteroatoms. The van der Waals surface area contributed by atoms with Gasteiger partial charge < -0.3 is 15.5 Å². The van der Waals surface area contributed by atoms with Crippen molar-refractivity contribution in [2.75, 3.05) is 38.5 Å². The number of likely N-dealkylation sites (N-methyl/N-ethyl adjacent to an activating group) is 1. The van der Waals surface area contributed by atoms with Crippen molar-refractivity contribution in [3.8, 4) is 0 Å². The topological polar surface area (TPSA) is 77.6 Å². The normalized spacial score (nSPS) is 14.6. The molecular formula is C20H25N5O2. The van der Waals surface area contributed by atoms with Crippen LogP contribution in [0.2, 0.25) is 0 Å². The third-order valence-corrected chi connectivity index (χ3v) is 4.70. The molecule has 27 heavy (non-hydrogen) atoms. The fraction of sp³-hybridized carbons (Fsp3) is 0.350. The van der Waals surface area contributed by atoms with Gasteiger partial charge in [0.2, 0.25) is 5.91 Å². The van der Waals surface area contributed by atoms with Crippen LogP contribution in [0.1, 0.15) is 11.1 Å². The third kappa shape index (κ3) is 5.27. The quantitative estimate of drug-likeness (QED) is 0.844. The Hall–Kier alpha value is -2.93. The molecule has 2 heterocycles. The number of rotatable bonds is 5. The van der Waals surface area contributed by atoms with E-state index in [0.717, 1.165) is 25.2 Å². The zero-order valence-electron chi connectivity index (χ0n) is 15.5. The van der Waals surface area contributed by atoms with Gasteiger partial charge in [-0.2, -0.15) is 0 Å². The van der Waals surface area contributed by atoms with Crippen molar-refractivity contribution in [3.63, 3.8) is 0 Å². The van der Waals surface area contributed by atoms with E-state index in [9.17, 15) is 9.59 Å². The van der Waals surface area contributed by atoms with Crippen LogP contribution in [0.25, 0.3) is 0 Å². The van der Waals surface area contributed by atoms with E-state index in [1.807, 2.05) is 41.3 Å². The van der Waals surface area contributed by atoms with Crippen LogP contribution in [0.5, 0.6) is 0 Å². The number of hydrogen-bond donors (Lipinski definition) is 2. The molecule has 1 aliphatic rings. The molecule has 0 radical (unpaired) electrons. The van der Waals surface area contributed by atoms with Crippen molar-refractivity contribution in [1.29, 1.82) is 0 Å². The Balaban J connectivity index is 1.53. The van der Waals surface area contributed by atoms with Gasteiger partial charge in [-0.05, 0) is 29.3 Å². The summed E-state index contributed by atoms with van der Waals surface area (Å²) >= 11 is 0. The number of urea groups is 1. The van der Waals surface area contributed by atoms with Crippen LogP contribution in [0, 0.1) is 0 Å². The van der Waals surface area contributed by atoms with Gasteiger partial charge in [0.15, 0.2) is 0 Å². The Morgan fingerprint density at radius 1 is 1.04 bits per heavy atom. The largest absolute Gasteiger partial charge is 0.359 e. The molecule has 0 atom stereocenters. The van der Waals surface area contributed by atoms with Crippen molar-refractivity contribution >= 4 is 17.6 Å². The first-order valence-electron chi connectivity index (χ1n) is 9.11. The van der Waals surface area contributed by atoms with E-state index < -0.39 is 0 Å². The van der Waals surface area contributed by atoms with Crippen LogP contribution in [0.4, 0.5) is 10.5 Å². The lowest BCUT2D eigenvalue weighted by Crippen LogP contribution is -2.49. The summed E-state index contributed by atoms with van der Waals surface area (Å²) in [5, 5.41) is 5.57. The van der Waals surface area contributed by atoms with Crippen molar-refractivity contribution in [2.45, 2.75) is 13.0 Å². The summed E-state index contributed by atoms with van der Waals surface area (Å²) in [6, 6.07) is 11.3. The van der Waals surface area contributed by atoms with Crippen LogP contribution in [0.15, 0.2) is 48.8 Å². The molecule has 0 bridgehead atoms. The highest BCUT2D eigenvalue weighted by Gasteiger charge is 2.21. The van der Waals surface area contributed by atoms with Gasteiger partial charge in [0.25, 0.3) is 0 Å². The third-order valence-electron chi connectivity index (χ3n) is 4.70. The van der Waals surface area contributed by atoms with Crippen LogP contribution in [-0.4, -0.2) is 59.9 Å². The number of pyridine rings is 1. The number of para-hydroxylation sites is 1.